The van der Waals surface area contributed by atoms with Gasteiger partial charge in [-0.3, -0.25) is 0 Å². The molecule has 2 nitrogen and oxygen atoms in total. The molecule has 0 heterocycles. The monoisotopic (exact) mass is 292 g/mol. The minimum atomic E-state index is 0.165. The van der Waals surface area contributed by atoms with Crippen molar-refractivity contribution in [1.82, 2.24) is 0 Å². The van der Waals surface area contributed by atoms with Crippen molar-refractivity contribution in [3.63, 3.8) is 0 Å². The topological polar surface area (TPSA) is 38.0 Å². The van der Waals surface area contributed by atoms with Crippen LogP contribution in [0, 0.1) is 17.3 Å². The van der Waals surface area contributed by atoms with Crippen LogP contribution in [0.2, 0.25) is 0 Å². The number of anilines is 2. The van der Waals surface area contributed by atoms with Crippen molar-refractivity contribution in [3.05, 3.63) is 59.7 Å². The molecule has 0 aromatic heterocycles. The van der Waals surface area contributed by atoms with Crippen molar-refractivity contribution < 1.29 is 0 Å². The van der Waals surface area contributed by atoms with Gasteiger partial charge in [0.1, 0.15) is 0 Å². The largest absolute Gasteiger partial charge is 0.397 e. The lowest BCUT2D eigenvalue weighted by molar-refractivity contribution is 0.359. The third-order valence-corrected chi connectivity index (χ3v) is 3.85. The number of nitrogen functional groups attached to an aromatic ring is 1. The maximum atomic E-state index is 6.08. The Bertz CT molecular complexity index is 685. The number of nitrogens with two attached hydrogens (primary N) is 1. The highest BCUT2D eigenvalue weighted by Gasteiger charge is 2.20. The second-order valence-electron chi connectivity index (χ2n) is 6.65. The fourth-order valence-electron chi connectivity index (χ4n) is 1.87. The molecule has 0 aliphatic carbocycles. The van der Waals surface area contributed by atoms with Crippen molar-refractivity contribution in [1.29, 1.82) is 0 Å². The molecule has 3 N–H and O–H groups in total. The Kier molecular flexibility index (Phi) is 4.78. The molecule has 0 saturated carbocycles. The first kappa shape index (κ1) is 16.0. The van der Waals surface area contributed by atoms with Crippen LogP contribution >= 0.6 is 0 Å². The molecule has 0 bridgehead atoms. The van der Waals surface area contributed by atoms with Crippen molar-refractivity contribution in [2.75, 3.05) is 11.1 Å². The van der Waals surface area contributed by atoms with Crippen LogP contribution in [-0.4, -0.2) is 6.04 Å². The first-order valence-corrected chi connectivity index (χ1v) is 7.59. The first-order chi connectivity index (χ1) is 10.4. The minimum absolute atomic E-state index is 0.165. The van der Waals surface area contributed by atoms with Crippen LogP contribution in [0.1, 0.15) is 38.8 Å². The average molecular weight is 292 g/mol. The molecule has 114 valence electrons. The van der Waals surface area contributed by atoms with Gasteiger partial charge in [0.25, 0.3) is 0 Å². The van der Waals surface area contributed by atoms with Crippen LogP contribution in [0.5, 0.6) is 0 Å². The SMILES string of the molecule is CC(Nc1cc(C#Cc2ccccc2)ccc1N)C(C)(C)C. The zero-order valence-corrected chi connectivity index (χ0v) is 13.8. The molecular formula is C20H24N2. The lowest BCUT2D eigenvalue weighted by Crippen LogP contribution is -2.31. The van der Waals surface area contributed by atoms with Gasteiger partial charge in [0.2, 0.25) is 0 Å². The molecule has 0 aliphatic rings. The van der Waals surface area contributed by atoms with Gasteiger partial charge in [-0.15, -0.1) is 0 Å². The van der Waals surface area contributed by atoms with Gasteiger partial charge in [0.05, 0.1) is 11.4 Å². The van der Waals surface area contributed by atoms with Crippen LogP contribution in [-0.2, 0) is 0 Å². The quantitative estimate of drug-likeness (QED) is 0.631. The van der Waals surface area contributed by atoms with E-state index in [1.165, 1.54) is 0 Å². The Morgan fingerprint density at radius 1 is 0.955 bits per heavy atom. The lowest BCUT2D eigenvalue weighted by atomic mass is 9.88. The Hall–Kier alpha value is -2.40. The normalized spacial score (nSPS) is 12.2. The fourth-order valence-corrected chi connectivity index (χ4v) is 1.87. The predicted molar refractivity (Wildman–Crippen MR) is 95.8 cm³/mol. The Morgan fingerprint density at radius 3 is 2.23 bits per heavy atom. The third kappa shape index (κ3) is 4.30. The van der Waals surface area contributed by atoms with Crippen LogP contribution < -0.4 is 11.1 Å². The predicted octanol–water partition coefficient (Wildman–Crippen LogP) is 4.52. The van der Waals surface area contributed by atoms with Crippen molar-refractivity contribution in [3.8, 4) is 11.8 Å². The summed E-state index contributed by atoms with van der Waals surface area (Å²) < 4.78 is 0. The maximum absolute atomic E-state index is 6.08. The van der Waals surface area contributed by atoms with E-state index in [1.807, 2.05) is 48.5 Å². The second-order valence-corrected chi connectivity index (χ2v) is 6.65. The van der Waals surface area contributed by atoms with Crippen molar-refractivity contribution in [2.45, 2.75) is 33.7 Å². The molecule has 22 heavy (non-hydrogen) atoms. The zero-order chi connectivity index (χ0) is 16.2. The maximum Gasteiger partial charge on any atom is 0.0588 e. The standard InChI is InChI=1S/C20H24N2/c1-15(20(2,3)4)22-19-14-17(12-13-18(19)21)11-10-16-8-6-5-7-9-16/h5-9,12-15,22H,21H2,1-4H3. The van der Waals surface area contributed by atoms with Crippen LogP contribution in [0.25, 0.3) is 0 Å². The molecule has 1 atom stereocenters. The molecule has 2 aromatic rings. The molecule has 1 unspecified atom stereocenters. The Balaban J connectivity index is 2.22. The van der Waals surface area contributed by atoms with Gasteiger partial charge < -0.3 is 11.1 Å². The molecule has 2 aromatic carbocycles. The smallest absolute Gasteiger partial charge is 0.0588 e. The summed E-state index contributed by atoms with van der Waals surface area (Å²) in [6.07, 6.45) is 0. The van der Waals surface area contributed by atoms with E-state index in [2.05, 4.69) is 44.9 Å². The molecule has 0 aliphatic heterocycles. The van der Waals surface area contributed by atoms with Gasteiger partial charge >= 0.3 is 0 Å². The summed E-state index contributed by atoms with van der Waals surface area (Å²) in [7, 11) is 0. The van der Waals surface area contributed by atoms with Gasteiger partial charge in [-0.2, -0.15) is 0 Å². The van der Waals surface area contributed by atoms with Gasteiger partial charge in [0, 0.05) is 17.2 Å². The van der Waals surface area contributed by atoms with E-state index in [0.717, 1.165) is 22.5 Å². The Labute approximate surface area is 133 Å². The molecule has 0 amide bonds. The van der Waals surface area contributed by atoms with Gasteiger partial charge in [-0.25, -0.2) is 0 Å². The molecular weight excluding hydrogens is 268 g/mol. The average Bonchev–Trinajstić information content (AvgIpc) is 2.48. The van der Waals surface area contributed by atoms with Gasteiger partial charge in [-0.1, -0.05) is 50.8 Å². The number of nitrogens with one attached hydrogen (secondary N) is 1. The van der Waals surface area contributed by atoms with Crippen LogP contribution in [0.4, 0.5) is 11.4 Å². The summed E-state index contributed by atoms with van der Waals surface area (Å²) in [5, 5.41) is 3.50. The second kappa shape index (κ2) is 6.58. The number of hydrogen-bond donors (Lipinski definition) is 2. The summed E-state index contributed by atoms with van der Waals surface area (Å²) in [6.45, 7) is 8.79. The highest BCUT2D eigenvalue weighted by molar-refractivity contribution is 5.69. The van der Waals surface area contributed by atoms with Crippen LogP contribution in [0.3, 0.4) is 0 Å². The summed E-state index contributed by atoms with van der Waals surface area (Å²) in [5.41, 5.74) is 9.91. The third-order valence-electron chi connectivity index (χ3n) is 3.85. The van der Waals surface area contributed by atoms with E-state index >= 15 is 0 Å². The summed E-state index contributed by atoms with van der Waals surface area (Å²) >= 11 is 0. The molecule has 0 radical (unpaired) electrons. The highest BCUT2D eigenvalue weighted by atomic mass is 14.9. The lowest BCUT2D eigenvalue weighted by Gasteiger charge is -2.29. The number of rotatable bonds is 2. The molecule has 0 spiro atoms. The van der Waals surface area contributed by atoms with E-state index in [4.69, 9.17) is 5.73 Å². The first-order valence-electron chi connectivity index (χ1n) is 7.59. The van der Waals surface area contributed by atoms with Gasteiger partial charge in [0.15, 0.2) is 0 Å². The summed E-state index contributed by atoms with van der Waals surface area (Å²) in [6, 6.07) is 16.2. The van der Waals surface area contributed by atoms with E-state index in [-0.39, 0.29) is 5.41 Å². The fraction of sp³-hybridized carbons (Fsp3) is 0.300. The summed E-state index contributed by atoms with van der Waals surface area (Å²) in [5.74, 6) is 6.37. The highest BCUT2D eigenvalue weighted by Crippen LogP contribution is 2.26. The van der Waals surface area contributed by atoms with Gasteiger partial charge in [-0.05, 0) is 42.7 Å². The Morgan fingerprint density at radius 2 is 1.59 bits per heavy atom. The van der Waals surface area contributed by atoms with E-state index in [1.54, 1.807) is 0 Å². The number of benzene rings is 2. The molecule has 2 heteroatoms. The van der Waals surface area contributed by atoms with E-state index in [0.29, 0.717) is 6.04 Å². The minimum Gasteiger partial charge on any atom is -0.397 e. The van der Waals surface area contributed by atoms with Crippen LogP contribution in [0.15, 0.2) is 48.5 Å². The van der Waals surface area contributed by atoms with Crippen molar-refractivity contribution in [2.24, 2.45) is 5.41 Å². The zero-order valence-electron chi connectivity index (χ0n) is 13.8. The molecule has 0 fully saturated rings. The molecule has 0 saturated heterocycles. The van der Waals surface area contributed by atoms with E-state index < -0.39 is 0 Å². The van der Waals surface area contributed by atoms with Crippen molar-refractivity contribution >= 4 is 11.4 Å². The van der Waals surface area contributed by atoms with E-state index in [9.17, 15) is 0 Å². The summed E-state index contributed by atoms with van der Waals surface area (Å²) in [4.78, 5) is 0. The molecule has 2 rings (SSSR count). The number of hydrogen-bond acceptors (Lipinski definition) is 2.